The minimum atomic E-state index is -0.401. The number of nitrogens with two attached hydrogens (primary N) is 1. The molecule has 0 radical (unpaired) electrons. The lowest BCUT2D eigenvalue weighted by atomic mass is 10.2. The highest BCUT2D eigenvalue weighted by Crippen LogP contribution is 2.15. The Labute approximate surface area is 113 Å². The number of hydrogen-bond acceptors (Lipinski definition) is 3. The predicted molar refractivity (Wildman–Crippen MR) is 73.5 cm³/mol. The molecule has 0 unspecified atom stereocenters. The molecular weight excluding hydrogens is 245 g/mol. The maximum atomic E-state index is 13.6. The molecule has 19 heavy (non-hydrogen) atoms. The second-order valence-electron chi connectivity index (χ2n) is 4.46. The van der Waals surface area contributed by atoms with Gasteiger partial charge < -0.3 is 15.2 Å². The third-order valence-electron chi connectivity index (χ3n) is 2.21. The summed E-state index contributed by atoms with van der Waals surface area (Å²) in [6.07, 6.45) is 0. The molecule has 0 aliphatic rings. The minimum absolute atomic E-state index is 0.213. The van der Waals surface area contributed by atoms with E-state index in [2.05, 4.69) is 25.7 Å². The van der Waals surface area contributed by atoms with Gasteiger partial charge in [0.15, 0.2) is 0 Å². The Hall–Kier alpha value is -1.57. The van der Waals surface area contributed by atoms with E-state index in [-0.39, 0.29) is 6.54 Å². The van der Waals surface area contributed by atoms with E-state index < -0.39 is 5.82 Å². The summed E-state index contributed by atoms with van der Waals surface area (Å²) in [6.45, 7) is 5.97. The van der Waals surface area contributed by atoms with E-state index in [1.54, 1.807) is 12.1 Å². The fourth-order valence-electron chi connectivity index (χ4n) is 1.37. The lowest BCUT2D eigenvalue weighted by molar-refractivity contribution is 0.0818. The fraction of sp³-hybridized carbons (Fsp3) is 0.467. The van der Waals surface area contributed by atoms with E-state index in [0.29, 0.717) is 37.1 Å². The SMILES string of the molecule is CC(C)COCCOc1ccc(C#CCN)c(F)c1. The highest BCUT2D eigenvalue weighted by molar-refractivity contribution is 5.39. The molecule has 0 aromatic heterocycles. The van der Waals surface area contributed by atoms with Crippen LogP contribution < -0.4 is 10.5 Å². The van der Waals surface area contributed by atoms with Crippen molar-refractivity contribution in [3.63, 3.8) is 0 Å². The minimum Gasteiger partial charge on any atom is -0.491 e. The Kier molecular flexibility index (Phi) is 6.94. The van der Waals surface area contributed by atoms with Crippen LogP contribution in [0.1, 0.15) is 19.4 Å². The summed E-state index contributed by atoms with van der Waals surface area (Å²) in [5, 5.41) is 0. The average Bonchev–Trinajstić information content (AvgIpc) is 2.37. The molecule has 0 fully saturated rings. The quantitative estimate of drug-likeness (QED) is 0.633. The number of hydrogen-bond donors (Lipinski definition) is 1. The third kappa shape index (κ3) is 6.23. The van der Waals surface area contributed by atoms with Crippen LogP contribution in [0.25, 0.3) is 0 Å². The fourth-order valence-corrected chi connectivity index (χ4v) is 1.37. The molecule has 1 aromatic carbocycles. The van der Waals surface area contributed by atoms with Gasteiger partial charge in [0.05, 0.1) is 18.7 Å². The topological polar surface area (TPSA) is 44.5 Å². The molecule has 0 atom stereocenters. The summed E-state index contributed by atoms with van der Waals surface area (Å²) >= 11 is 0. The Morgan fingerprint density at radius 1 is 1.32 bits per heavy atom. The second kappa shape index (κ2) is 8.52. The zero-order valence-electron chi connectivity index (χ0n) is 11.4. The highest BCUT2D eigenvalue weighted by atomic mass is 19.1. The summed E-state index contributed by atoms with van der Waals surface area (Å²) in [4.78, 5) is 0. The van der Waals surface area contributed by atoms with Crippen molar-refractivity contribution in [3.05, 3.63) is 29.6 Å². The van der Waals surface area contributed by atoms with Crippen molar-refractivity contribution in [1.82, 2.24) is 0 Å². The maximum Gasteiger partial charge on any atom is 0.142 e. The summed E-state index contributed by atoms with van der Waals surface area (Å²) in [6, 6.07) is 4.59. The Balaban J connectivity index is 2.41. The van der Waals surface area contributed by atoms with E-state index in [1.165, 1.54) is 6.07 Å². The third-order valence-corrected chi connectivity index (χ3v) is 2.21. The first-order valence-electron chi connectivity index (χ1n) is 6.32. The summed E-state index contributed by atoms with van der Waals surface area (Å²) < 4.78 is 24.4. The van der Waals surface area contributed by atoms with E-state index >= 15 is 0 Å². The first kappa shape index (κ1) is 15.5. The van der Waals surface area contributed by atoms with Crippen LogP contribution in [0.3, 0.4) is 0 Å². The van der Waals surface area contributed by atoms with Gasteiger partial charge in [-0.15, -0.1) is 0 Å². The Morgan fingerprint density at radius 3 is 2.74 bits per heavy atom. The van der Waals surface area contributed by atoms with Crippen molar-refractivity contribution in [2.45, 2.75) is 13.8 Å². The van der Waals surface area contributed by atoms with Gasteiger partial charge in [0.1, 0.15) is 18.2 Å². The molecular formula is C15H20FNO2. The van der Waals surface area contributed by atoms with Crippen molar-refractivity contribution in [2.75, 3.05) is 26.4 Å². The van der Waals surface area contributed by atoms with E-state index in [0.717, 1.165) is 0 Å². The molecule has 3 nitrogen and oxygen atoms in total. The van der Waals surface area contributed by atoms with Gasteiger partial charge in [0.25, 0.3) is 0 Å². The molecule has 0 spiro atoms. The lowest BCUT2D eigenvalue weighted by Crippen LogP contribution is -2.10. The molecule has 0 aliphatic carbocycles. The van der Waals surface area contributed by atoms with E-state index in [1.807, 2.05) is 0 Å². The zero-order chi connectivity index (χ0) is 14.1. The van der Waals surface area contributed by atoms with Gasteiger partial charge in [0.2, 0.25) is 0 Å². The lowest BCUT2D eigenvalue weighted by Gasteiger charge is -2.09. The van der Waals surface area contributed by atoms with Crippen LogP contribution in [-0.4, -0.2) is 26.4 Å². The van der Waals surface area contributed by atoms with Crippen molar-refractivity contribution in [3.8, 4) is 17.6 Å². The van der Waals surface area contributed by atoms with Gasteiger partial charge in [-0.3, -0.25) is 0 Å². The molecule has 0 amide bonds. The van der Waals surface area contributed by atoms with Gasteiger partial charge in [-0.05, 0) is 18.1 Å². The van der Waals surface area contributed by atoms with Gasteiger partial charge in [-0.25, -0.2) is 4.39 Å². The number of rotatable bonds is 6. The molecule has 0 saturated heterocycles. The van der Waals surface area contributed by atoms with Crippen LogP contribution in [0, 0.1) is 23.6 Å². The van der Waals surface area contributed by atoms with Crippen molar-refractivity contribution >= 4 is 0 Å². The Morgan fingerprint density at radius 2 is 2.11 bits per heavy atom. The average molecular weight is 265 g/mol. The van der Waals surface area contributed by atoms with Gasteiger partial charge >= 0.3 is 0 Å². The van der Waals surface area contributed by atoms with Crippen LogP contribution in [0.15, 0.2) is 18.2 Å². The smallest absolute Gasteiger partial charge is 0.142 e. The number of ether oxygens (including phenoxy) is 2. The Bertz CT molecular complexity index is 449. The van der Waals surface area contributed by atoms with Crippen molar-refractivity contribution < 1.29 is 13.9 Å². The van der Waals surface area contributed by atoms with Crippen LogP contribution in [0.2, 0.25) is 0 Å². The van der Waals surface area contributed by atoms with Gasteiger partial charge in [-0.1, -0.05) is 25.7 Å². The monoisotopic (exact) mass is 265 g/mol. The summed E-state index contributed by atoms with van der Waals surface area (Å²) in [7, 11) is 0. The van der Waals surface area contributed by atoms with Crippen LogP contribution in [0.4, 0.5) is 4.39 Å². The first-order chi connectivity index (χ1) is 9.13. The standard InChI is InChI=1S/C15H20FNO2/c1-12(2)11-18-8-9-19-14-6-5-13(4-3-7-17)15(16)10-14/h5-6,10,12H,7-9,11,17H2,1-2H3. The predicted octanol–water partition coefficient (Wildman–Crippen LogP) is 2.19. The number of halogens is 1. The normalized spacial score (nSPS) is 10.2. The molecule has 2 N–H and O–H groups in total. The van der Waals surface area contributed by atoms with Crippen LogP contribution >= 0.6 is 0 Å². The van der Waals surface area contributed by atoms with Gasteiger partial charge in [0, 0.05) is 12.7 Å². The highest BCUT2D eigenvalue weighted by Gasteiger charge is 2.02. The molecule has 0 heterocycles. The van der Waals surface area contributed by atoms with E-state index in [9.17, 15) is 4.39 Å². The maximum absolute atomic E-state index is 13.6. The molecule has 1 rings (SSSR count). The summed E-state index contributed by atoms with van der Waals surface area (Å²) in [5.41, 5.74) is 5.56. The van der Waals surface area contributed by atoms with Gasteiger partial charge in [-0.2, -0.15) is 0 Å². The molecule has 0 bridgehead atoms. The number of benzene rings is 1. The summed E-state index contributed by atoms with van der Waals surface area (Å²) in [5.74, 6) is 5.84. The molecule has 1 aromatic rings. The molecule has 0 aliphatic heterocycles. The largest absolute Gasteiger partial charge is 0.491 e. The van der Waals surface area contributed by atoms with Crippen molar-refractivity contribution in [2.24, 2.45) is 11.7 Å². The molecule has 0 saturated carbocycles. The van der Waals surface area contributed by atoms with Crippen LogP contribution in [0.5, 0.6) is 5.75 Å². The zero-order valence-corrected chi connectivity index (χ0v) is 11.4. The van der Waals surface area contributed by atoms with Crippen molar-refractivity contribution in [1.29, 1.82) is 0 Å². The molecule has 4 heteroatoms. The van der Waals surface area contributed by atoms with Crippen LogP contribution in [-0.2, 0) is 4.74 Å². The van der Waals surface area contributed by atoms with E-state index in [4.69, 9.17) is 15.2 Å². The first-order valence-corrected chi connectivity index (χ1v) is 6.32. The second-order valence-corrected chi connectivity index (χ2v) is 4.46. The molecule has 104 valence electrons.